The van der Waals surface area contributed by atoms with E-state index in [-0.39, 0.29) is 11.7 Å². The maximum absolute atomic E-state index is 12.8. The quantitative estimate of drug-likeness (QED) is 0.644. The lowest BCUT2D eigenvalue weighted by molar-refractivity contribution is -0.520. The van der Waals surface area contributed by atoms with E-state index in [0.717, 1.165) is 17.7 Å². The first-order valence-electron chi connectivity index (χ1n) is 9.89. The summed E-state index contributed by atoms with van der Waals surface area (Å²) in [6.45, 7) is 8.13. The van der Waals surface area contributed by atoms with E-state index in [4.69, 9.17) is 0 Å². The van der Waals surface area contributed by atoms with Crippen LogP contribution in [0.15, 0.2) is 53.3 Å². The minimum Gasteiger partial charge on any atom is -0.269 e. The molecule has 0 spiro atoms. The Labute approximate surface area is 170 Å². The van der Waals surface area contributed by atoms with Gasteiger partial charge in [0.25, 0.3) is 11.5 Å². The van der Waals surface area contributed by atoms with Crippen molar-refractivity contribution in [3.05, 3.63) is 86.8 Å². The van der Waals surface area contributed by atoms with Crippen LogP contribution in [0.4, 0.5) is 11.6 Å². The summed E-state index contributed by atoms with van der Waals surface area (Å²) in [6, 6.07) is 16.0. The summed E-state index contributed by atoms with van der Waals surface area (Å²) in [5, 5.41) is 6.67. The topological polar surface area (TPSA) is 72.9 Å². The van der Waals surface area contributed by atoms with Crippen molar-refractivity contribution >= 4 is 17.6 Å². The SMILES string of the molecule is CCc1ccc(C2[NH+]=C(Nc3cccc(C)c3C)Nc3nc(C)cc(=O)n32)cc1. The number of guanidine groups is 1. The number of nitrogens with zero attached hydrogens (tertiary/aromatic N) is 2. The van der Waals surface area contributed by atoms with E-state index >= 15 is 0 Å². The third-order valence-corrected chi connectivity index (χ3v) is 5.42. The van der Waals surface area contributed by atoms with Gasteiger partial charge in [0, 0.05) is 17.3 Å². The van der Waals surface area contributed by atoms with Crippen molar-refractivity contribution in [3.63, 3.8) is 0 Å². The Balaban J connectivity index is 1.80. The maximum Gasteiger partial charge on any atom is 0.357 e. The van der Waals surface area contributed by atoms with Gasteiger partial charge in [-0.15, -0.1) is 0 Å². The molecule has 1 aliphatic heterocycles. The number of anilines is 2. The fourth-order valence-electron chi connectivity index (χ4n) is 3.55. The minimum atomic E-state index is -0.356. The molecule has 0 aliphatic carbocycles. The first-order chi connectivity index (χ1) is 14.0. The van der Waals surface area contributed by atoms with Gasteiger partial charge in [0.15, 0.2) is 6.17 Å². The van der Waals surface area contributed by atoms with E-state index < -0.39 is 0 Å². The Hall–Kier alpha value is -3.41. The molecule has 0 saturated heterocycles. The number of hydrogen-bond donors (Lipinski definition) is 3. The molecule has 6 heteroatoms. The maximum atomic E-state index is 12.8. The number of aryl methyl sites for hydroxylation is 3. The summed E-state index contributed by atoms with van der Waals surface area (Å²) in [7, 11) is 0. The van der Waals surface area contributed by atoms with Crippen molar-refractivity contribution in [3.8, 4) is 0 Å². The lowest BCUT2D eigenvalue weighted by atomic mass is 10.1. The second kappa shape index (κ2) is 7.54. The number of fused-ring (bicyclic) bond motifs is 1. The number of aromatic nitrogens is 2. The van der Waals surface area contributed by atoms with Crippen molar-refractivity contribution in [1.82, 2.24) is 9.55 Å². The second-order valence-corrected chi connectivity index (χ2v) is 7.44. The van der Waals surface area contributed by atoms with Gasteiger partial charge in [0.2, 0.25) is 0 Å². The van der Waals surface area contributed by atoms with E-state index in [9.17, 15) is 4.79 Å². The minimum absolute atomic E-state index is 0.0946. The zero-order valence-corrected chi connectivity index (χ0v) is 17.2. The number of hydrogen-bond acceptors (Lipinski definition) is 4. The molecule has 29 heavy (non-hydrogen) atoms. The average molecular weight is 388 g/mol. The summed E-state index contributed by atoms with van der Waals surface area (Å²) >= 11 is 0. The Bertz CT molecular complexity index is 1140. The Morgan fingerprint density at radius 2 is 1.90 bits per heavy atom. The monoisotopic (exact) mass is 388 g/mol. The van der Waals surface area contributed by atoms with Crippen LogP contribution in [0.1, 0.15) is 41.0 Å². The Kier molecular flexibility index (Phi) is 4.92. The van der Waals surface area contributed by atoms with Crippen LogP contribution in [0.5, 0.6) is 0 Å². The van der Waals surface area contributed by atoms with Crippen molar-refractivity contribution in [2.45, 2.75) is 40.3 Å². The van der Waals surface area contributed by atoms with E-state index in [1.807, 2.05) is 19.1 Å². The van der Waals surface area contributed by atoms with Gasteiger partial charge in [-0.25, -0.2) is 20.2 Å². The molecule has 1 aromatic heterocycles. The van der Waals surface area contributed by atoms with Crippen LogP contribution < -0.4 is 21.2 Å². The van der Waals surface area contributed by atoms with Crippen LogP contribution in [0.25, 0.3) is 0 Å². The predicted molar refractivity (Wildman–Crippen MR) is 116 cm³/mol. The van der Waals surface area contributed by atoms with Crippen LogP contribution in [0.2, 0.25) is 0 Å². The van der Waals surface area contributed by atoms with Gasteiger partial charge in [-0.3, -0.25) is 9.79 Å². The summed E-state index contributed by atoms with van der Waals surface area (Å²) in [5.74, 6) is 1.21. The molecule has 0 fully saturated rings. The summed E-state index contributed by atoms with van der Waals surface area (Å²) in [6.07, 6.45) is 0.619. The van der Waals surface area contributed by atoms with E-state index in [0.29, 0.717) is 17.6 Å². The fourth-order valence-corrected chi connectivity index (χ4v) is 3.55. The number of benzene rings is 2. The average Bonchev–Trinajstić information content (AvgIpc) is 2.70. The Morgan fingerprint density at radius 3 is 2.62 bits per heavy atom. The highest BCUT2D eigenvalue weighted by Crippen LogP contribution is 2.20. The Morgan fingerprint density at radius 1 is 1.14 bits per heavy atom. The molecule has 6 nitrogen and oxygen atoms in total. The van der Waals surface area contributed by atoms with Gasteiger partial charge in [-0.05, 0) is 49.9 Å². The summed E-state index contributed by atoms with van der Waals surface area (Å²) in [4.78, 5) is 20.8. The van der Waals surface area contributed by atoms with Crippen LogP contribution >= 0.6 is 0 Å². The fraction of sp³-hybridized carbons (Fsp3) is 0.261. The molecule has 3 aromatic rings. The third kappa shape index (κ3) is 3.66. The first-order valence-corrected chi connectivity index (χ1v) is 9.89. The molecule has 1 unspecified atom stereocenters. The van der Waals surface area contributed by atoms with Gasteiger partial charge in [-0.1, -0.05) is 43.3 Å². The van der Waals surface area contributed by atoms with Crippen molar-refractivity contribution in [2.75, 3.05) is 10.6 Å². The first kappa shape index (κ1) is 18.9. The smallest absolute Gasteiger partial charge is 0.269 e. The predicted octanol–water partition coefficient (Wildman–Crippen LogP) is 2.25. The highest BCUT2D eigenvalue weighted by molar-refractivity contribution is 5.99. The molecule has 1 aliphatic rings. The zero-order chi connectivity index (χ0) is 20.5. The number of rotatable bonds is 3. The van der Waals surface area contributed by atoms with Crippen LogP contribution in [0, 0.1) is 20.8 Å². The van der Waals surface area contributed by atoms with Gasteiger partial charge in [0.05, 0.1) is 0 Å². The van der Waals surface area contributed by atoms with Crippen molar-refractivity contribution < 1.29 is 4.99 Å². The molecular formula is C23H26N5O+. The molecule has 2 aromatic carbocycles. The second-order valence-electron chi connectivity index (χ2n) is 7.44. The lowest BCUT2D eigenvalue weighted by Crippen LogP contribution is -2.82. The zero-order valence-electron chi connectivity index (χ0n) is 17.2. The standard InChI is InChI=1S/C23H25N5O/c1-5-17-9-11-18(12-10-17)21-26-22(25-19-8-6-7-14(2)16(19)4)27-23-24-15(3)13-20(29)28(21)23/h6-13,21H,5H2,1-4H3,(H2,24,25,26,27)/p+1. The summed E-state index contributed by atoms with van der Waals surface area (Å²) < 4.78 is 1.65. The van der Waals surface area contributed by atoms with Crippen LogP contribution in [0.3, 0.4) is 0 Å². The van der Waals surface area contributed by atoms with Gasteiger partial charge in [0.1, 0.15) is 5.69 Å². The molecule has 0 amide bonds. The molecule has 0 radical (unpaired) electrons. The van der Waals surface area contributed by atoms with Gasteiger partial charge in [-0.2, -0.15) is 0 Å². The molecule has 2 heterocycles. The number of nitrogens with one attached hydrogen (secondary N) is 3. The van der Waals surface area contributed by atoms with Crippen LogP contribution in [-0.4, -0.2) is 15.5 Å². The molecular weight excluding hydrogens is 362 g/mol. The highest BCUT2D eigenvalue weighted by Gasteiger charge is 2.29. The van der Waals surface area contributed by atoms with Crippen LogP contribution in [-0.2, 0) is 6.42 Å². The van der Waals surface area contributed by atoms with Gasteiger partial charge >= 0.3 is 5.96 Å². The highest BCUT2D eigenvalue weighted by atomic mass is 16.1. The van der Waals surface area contributed by atoms with Crippen molar-refractivity contribution in [1.29, 1.82) is 0 Å². The third-order valence-electron chi connectivity index (χ3n) is 5.42. The molecule has 3 N–H and O–H groups in total. The van der Waals surface area contributed by atoms with Gasteiger partial charge < -0.3 is 0 Å². The normalized spacial score (nSPS) is 15.3. The van der Waals surface area contributed by atoms with E-state index in [1.54, 1.807) is 10.6 Å². The van der Waals surface area contributed by atoms with E-state index in [1.165, 1.54) is 16.7 Å². The molecule has 4 rings (SSSR count). The molecule has 148 valence electrons. The van der Waals surface area contributed by atoms with E-state index in [2.05, 4.69) is 71.7 Å². The largest absolute Gasteiger partial charge is 0.357 e. The summed E-state index contributed by atoms with van der Waals surface area (Å²) in [5.41, 5.74) is 6.23. The molecule has 1 atom stereocenters. The van der Waals surface area contributed by atoms with Crippen molar-refractivity contribution in [2.24, 2.45) is 0 Å². The molecule has 0 saturated carbocycles. The molecule has 0 bridgehead atoms. The lowest BCUT2D eigenvalue weighted by Gasteiger charge is -2.23.